The van der Waals surface area contributed by atoms with Gasteiger partial charge in [-0.2, -0.15) is 0 Å². The maximum absolute atomic E-state index is 10.3. The van der Waals surface area contributed by atoms with Crippen LogP contribution in [-0.2, 0) is 61.6 Å². The number of ether oxygens (including phenoxy) is 12. The third kappa shape index (κ3) is 38.5. The Bertz CT molecular complexity index is 561. The molecule has 0 spiro atoms. The summed E-state index contributed by atoms with van der Waals surface area (Å²) in [4.78, 5) is 10.3. The molecule has 0 aromatic carbocycles. The van der Waals surface area contributed by atoms with E-state index in [-0.39, 0.29) is 13.2 Å². The average molecular weight is 599 g/mol. The molecular weight excluding hydrogens is 548 g/mol. The van der Waals surface area contributed by atoms with E-state index in [9.17, 15) is 4.79 Å². The van der Waals surface area contributed by atoms with Crippen LogP contribution in [0.5, 0.6) is 0 Å². The Morgan fingerprint density at radius 1 is 0.390 bits per heavy atom. The SMILES string of the molecule is C#CCOCCOCCOCCOCCOCCOCCOCCOCCOCCOCCOCCOCC(=O)O. The molecule has 0 aromatic rings. The number of rotatable bonds is 36. The largest absolute Gasteiger partial charge is 0.480 e. The fraction of sp³-hybridized carbons (Fsp3) is 0.889. The molecule has 0 aliphatic carbocycles. The van der Waals surface area contributed by atoms with Gasteiger partial charge in [-0.3, -0.25) is 0 Å². The molecule has 0 aromatic heterocycles. The van der Waals surface area contributed by atoms with Crippen molar-refractivity contribution < 1.29 is 66.7 Å². The molecule has 0 heterocycles. The van der Waals surface area contributed by atoms with E-state index < -0.39 is 5.97 Å². The Labute approximate surface area is 244 Å². The van der Waals surface area contributed by atoms with Gasteiger partial charge < -0.3 is 61.9 Å². The van der Waals surface area contributed by atoms with Crippen LogP contribution >= 0.6 is 0 Å². The van der Waals surface area contributed by atoms with Gasteiger partial charge in [0.2, 0.25) is 0 Å². The van der Waals surface area contributed by atoms with Crippen molar-refractivity contribution in [3.8, 4) is 12.3 Å². The van der Waals surface area contributed by atoms with Crippen LogP contribution < -0.4 is 0 Å². The third-order valence-corrected chi connectivity index (χ3v) is 4.50. The van der Waals surface area contributed by atoms with Crippen molar-refractivity contribution >= 4 is 5.97 Å². The highest BCUT2D eigenvalue weighted by Crippen LogP contribution is 1.87. The number of carboxylic acid groups (broad SMARTS) is 1. The summed E-state index contributed by atoms with van der Waals surface area (Å²) in [5.74, 6) is 1.39. The summed E-state index contributed by atoms with van der Waals surface area (Å²) in [6, 6.07) is 0. The van der Waals surface area contributed by atoms with E-state index in [0.717, 1.165) is 0 Å². The number of carboxylic acids is 1. The Kier molecular flexibility index (Phi) is 35.3. The van der Waals surface area contributed by atoms with Crippen molar-refractivity contribution in [3.05, 3.63) is 0 Å². The highest BCUT2D eigenvalue weighted by Gasteiger charge is 1.97. The first-order valence-electron chi connectivity index (χ1n) is 13.9. The molecule has 0 aliphatic heterocycles. The summed E-state index contributed by atoms with van der Waals surface area (Å²) in [6.07, 6.45) is 5.07. The van der Waals surface area contributed by atoms with E-state index in [0.29, 0.717) is 145 Å². The molecule has 0 fully saturated rings. The number of hydrogen-bond acceptors (Lipinski definition) is 13. The van der Waals surface area contributed by atoms with Gasteiger partial charge in [0.1, 0.15) is 13.2 Å². The van der Waals surface area contributed by atoms with Gasteiger partial charge in [-0.05, 0) is 0 Å². The Morgan fingerprint density at radius 2 is 0.585 bits per heavy atom. The molecule has 14 heteroatoms. The van der Waals surface area contributed by atoms with Crippen molar-refractivity contribution in [2.24, 2.45) is 0 Å². The van der Waals surface area contributed by atoms with Gasteiger partial charge in [-0.15, -0.1) is 6.42 Å². The lowest BCUT2D eigenvalue weighted by molar-refractivity contribution is -0.142. The van der Waals surface area contributed by atoms with Gasteiger partial charge in [0.15, 0.2) is 0 Å². The van der Waals surface area contributed by atoms with E-state index in [1.54, 1.807) is 0 Å². The molecule has 0 saturated heterocycles. The van der Waals surface area contributed by atoms with Crippen LogP contribution in [0.3, 0.4) is 0 Å². The monoisotopic (exact) mass is 598 g/mol. The Balaban J connectivity index is 3.03. The van der Waals surface area contributed by atoms with Crippen molar-refractivity contribution in [1.29, 1.82) is 0 Å². The number of hydrogen-bond donors (Lipinski definition) is 1. The molecule has 0 saturated carbocycles. The predicted molar refractivity (Wildman–Crippen MR) is 146 cm³/mol. The molecule has 1 N–H and O–H groups in total. The quantitative estimate of drug-likeness (QED) is 0.0756. The Morgan fingerprint density at radius 3 is 0.780 bits per heavy atom. The summed E-state index contributed by atoms with van der Waals surface area (Å²) in [5.41, 5.74) is 0. The van der Waals surface area contributed by atoms with Crippen LogP contribution in [0, 0.1) is 12.3 Å². The minimum Gasteiger partial charge on any atom is -0.480 e. The molecule has 41 heavy (non-hydrogen) atoms. The van der Waals surface area contributed by atoms with Gasteiger partial charge in [-0.25, -0.2) is 4.79 Å². The number of aliphatic carboxylic acids is 1. The second-order valence-electron chi connectivity index (χ2n) is 7.83. The van der Waals surface area contributed by atoms with E-state index in [1.807, 2.05) is 0 Å². The van der Waals surface area contributed by atoms with Crippen molar-refractivity contribution in [1.82, 2.24) is 0 Å². The number of terminal acetylenes is 1. The maximum Gasteiger partial charge on any atom is 0.329 e. The highest BCUT2D eigenvalue weighted by molar-refractivity contribution is 5.67. The summed E-state index contributed by atoms with van der Waals surface area (Å²) in [7, 11) is 0. The van der Waals surface area contributed by atoms with E-state index in [2.05, 4.69) is 5.92 Å². The van der Waals surface area contributed by atoms with Crippen LogP contribution in [0.25, 0.3) is 0 Å². The van der Waals surface area contributed by atoms with E-state index in [1.165, 1.54) is 0 Å². The first kappa shape index (κ1) is 39.5. The zero-order chi connectivity index (χ0) is 29.7. The lowest BCUT2D eigenvalue weighted by Crippen LogP contribution is -2.15. The van der Waals surface area contributed by atoms with E-state index in [4.69, 9.17) is 68.4 Å². The first-order valence-corrected chi connectivity index (χ1v) is 13.9. The molecule has 0 rings (SSSR count). The van der Waals surface area contributed by atoms with Crippen LogP contribution in [0.4, 0.5) is 0 Å². The topological polar surface area (TPSA) is 148 Å². The van der Waals surface area contributed by atoms with Gasteiger partial charge >= 0.3 is 5.97 Å². The van der Waals surface area contributed by atoms with Crippen molar-refractivity contribution in [2.75, 3.05) is 159 Å². The first-order chi connectivity index (χ1) is 20.3. The highest BCUT2D eigenvalue weighted by atomic mass is 16.6. The maximum atomic E-state index is 10.3. The fourth-order valence-electron chi connectivity index (χ4n) is 2.61. The van der Waals surface area contributed by atoms with Crippen LogP contribution in [0.2, 0.25) is 0 Å². The van der Waals surface area contributed by atoms with Crippen LogP contribution in [0.15, 0.2) is 0 Å². The molecule has 14 nitrogen and oxygen atoms in total. The van der Waals surface area contributed by atoms with Gasteiger partial charge in [-0.1, -0.05) is 5.92 Å². The van der Waals surface area contributed by atoms with Gasteiger partial charge in [0, 0.05) is 0 Å². The molecule has 0 amide bonds. The molecule has 0 unspecified atom stereocenters. The van der Waals surface area contributed by atoms with Crippen molar-refractivity contribution in [3.63, 3.8) is 0 Å². The zero-order valence-corrected chi connectivity index (χ0v) is 24.3. The smallest absolute Gasteiger partial charge is 0.329 e. The number of carbonyl (C=O) groups is 1. The molecule has 0 radical (unpaired) electrons. The fourth-order valence-corrected chi connectivity index (χ4v) is 2.61. The summed E-state index contributed by atoms with van der Waals surface area (Å²) < 4.78 is 63.8. The lowest BCUT2D eigenvalue weighted by Gasteiger charge is -2.09. The summed E-state index contributed by atoms with van der Waals surface area (Å²) >= 11 is 0. The summed E-state index contributed by atoms with van der Waals surface area (Å²) in [5, 5.41) is 8.41. The van der Waals surface area contributed by atoms with Crippen LogP contribution in [0.1, 0.15) is 0 Å². The standard InChI is InChI=1S/C27H50O14/c1-2-3-30-4-5-31-6-7-32-8-9-33-10-11-34-12-13-35-14-15-36-16-17-37-18-19-38-20-21-39-22-23-40-24-25-41-26-27(28)29/h1H,3-26H2,(H,28,29). The second-order valence-corrected chi connectivity index (χ2v) is 7.83. The third-order valence-electron chi connectivity index (χ3n) is 4.50. The minimum atomic E-state index is -0.997. The zero-order valence-electron chi connectivity index (χ0n) is 24.3. The van der Waals surface area contributed by atoms with Crippen LogP contribution in [-0.4, -0.2) is 170 Å². The van der Waals surface area contributed by atoms with Crippen molar-refractivity contribution in [2.45, 2.75) is 0 Å². The minimum absolute atomic E-state index is 0.241. The summed E-state index contributed by atoms with van der Waals surface area (Å²) in [6.45, 7) is 10.2. The molecular formula is C27H50O14. The lowest BCUT2D eigenvalue weighted by atomic mass is 10.6. The van der Waals surface area contributed by atoms with Gasteiger partial charge in [0.05, 0.1) is 145 Å². The normalized spacial score (nSPS) is 11.2. The average Bonchev–Trinajstić information content (AvgIpc) is 2.97. The van der Waals surface area contributed by atoms with E-state index >= 15 is 0 Å². The predicted octanol–water partition coefficient (Wildman–Crippen LogP) is -0.0966. The molecule has 242 valence electrons. The molecule has 0 aliphatic rings. The van der Waals surface area contributed by atoms with Gasteiger partial charge in [0.25, 0.3) is 0 Å². The Hall–Kier alpha value is -1.45. The molecule has 0 atom stereocenters. The second kappa shape index (κ2) is 36.6. The molecule has 0 bridgehead atoms.